The summed E-state index contributed by atoms with van der Waals surface area (Å²) in [7, 11) is 0. The summed E-state index contributed by atoms with van der Waals surface area (Å²) in [6, 6.07) is 7.92. The van der Waals surface area contributed by atoms with E-state index in [1.807, 2.05) is 24.3 Å². The second kappa shape index (κ2) is 5.40. The smallest absolute Gasteiger partial charge is 0.225 e. The lowest BCUT2D eigenvalue weighted by atomic mass is 10.1. The van der Waals surface area contributed by atoms with Crippen LogP contribution in [0, 0.1) is 5.92 Å². The van der Waals surface area contributed by atoms with E-state index in [4.69, 9.17) is 4.74 Å². The van der Waals surface area contributed by atoms with E-state index in [0.29, 0.717) is 26.2 Å². The van der Waals surface area contributed by atoms with Gasteiger partial charge in [0, 0.05) is 19.6 Å². The number of aromatic amines is 1. The molecule has 0 saturated carbocycles. The first-order valence-corrected chi connectivity index (χ1v) is 6.62. The lowest BCUT2D eigenvalue weighted by Crippen LogP contribution is -2.32. The third-order valence-corrected chi connectivity index (χ3v) is 3.40. The molecule has 1 amide bonds. The SMILES string of the molecule is O=C(NCCc1nc2ccccc2[nH]1)C1CCOC1. The molecule has 0 radical (unpaired) electrons. The van der Waals surface area contributed by atoms with Gasteiger partial charge in [-0.1, -0.05) is 12.1 Å². The van der Waals surface area contributed by atoms with Gasteiger partial charge in [0.05, 0.1) is 23.6 Å². The second-order valence-electron chi connectivity index (χ2n) is 4.80. The van der Waals surface area contributed by atoms with Gasteiger partial charge in [-0.25, -0.2) is 4.98 Å². The first-order chi connectivity index (χ1) is 9.33. The van der Waals surface area contributed by atoms with E-state index in [-0.39, 0.29) is 11.8 Å². The maximum atomic E-state index is 11.8. The summed E-state index contributed by atoms with van der Waals surface area (Å²) in [4.78, 5) is 19.5. The number of nitrogens with zero attached hydrogens (tertiary/aromatic N) is 1. The number of aromatic nitrogens is 2. The van der Waals surface area contributed by atoms with Gasteiger partial charge < -0.3 is 15.0 Å². The monoisotopic (exact) mass is 259 g/mol. The Hall–Kier alpha value is -1.88. The Morgan fingerprint density at radius 1 is 1.47 bits per heavy atom. The highest BCUT2D eigenvalue weighted by Gasteiger charge is 2.22. The second-order valence-corrected chi connectivity index (χ2v) is 4.80. The highest BCUT2D eigenvalue weighted by molar-refractivity contribution is 5.79. The summed E-state index contributed by atoms with van der Waals surface area (Å²) < 4.78 is 5.20. The number of carbonyl (C=O) groups excluding carboxylic acids is 1. The Labute approximate surface area is 111 Å². The number of carbonyl (C=O) groups is 1. The number of hydrogen-bond acceptors (Lipinski definition) is 3. The van der Waals surface area contributed by atoms with Crippen LogP contribution in [-0.4, -0.2) is 35.6 Å². The number of hydrogen-bond donors (Lipinski definition) is 2. The quantitative estimate of drug-likeness (QED) is 0.868. The first-order valence-electron chi connectivity index (χ1n) is 6.62. The molecule has 1 fully saturated rings. The highest BCUT2D eigenvalue weighted by Crippen LogP contribution is 2.12. The van der Waals surface area contributed by atoms with Crippen molar-refractivity contribution in [2.45, 2.75) is 12.8 Å². The zero-order valence-corrected chi connectivity index (χ0v) is 10.7. The lowest BCUT2D eigenvalue weighted by Gasteiger charge is -2.08. The number of ether oxygens (including phenoxy) is 1. The molecule has 0 aliphatic carbocycles. The van der Waals surface area contributed by atoms with Crippen LogP contribution in [0.15, 0.2) is 24.3 Å². The van der Waals surface area contributed by atoms with Crippen LogP contribution in [-0.2, 0) is 16.0 Å². The molecule has 19 heavy (non-hydrogen) atoms. The predicted molar refractivity (Wildman–Crippen MR) is 71.7 cm³/mol. The van der Waals surface area contributed by atoms with Crippen molar-refractivity contribution in [2.24, 2.45) is 5.92 Å². The average molecular weight is 259 g/mol. The van der Waals surface area contributed by atoms with Gasteiger partial charge >= 0.3 is 0 Å². The third kappa shape index (κ3) is 2.76. The highest BCUT2D eigenvalue weighted by atomic mass is 16.5. The Balaban J connectivity index is 1.53. The van der Waals surface area contributed by atoms with Crippen molar-refractivity contribution in [3.05, 3.63) is 30.1 Å². The summed E-state index contributed by atoms with van der Waals surface area (Å²) in [6.07, 6.45) is 1.55. The molecule has 1 saturated heterocycles. The summed E-state index contributed by atoms with van der Waals surface area (Å²) in [5.41, 5.74) is 2.00. The molecular weight excluding hydrogens is 242 g/mol. The minimum atomic E-state index is 0.0238. The lowest BCUT2D eigenvalue weighted by molar-refractivity contribution is -0.124. The predicted octanol–water partition coefficient (Wildman–Crippen LogP) is 1.26. The molecule has 2 N–H and O–H groups in total. The largest absolute Gasteiger partial charge is 0.381 e. The van der Waals surface area contributed by atoms with E-state index in [9.17, 15) is 4.79 Å². The van der Waals surface area contributed by atoms with Crippen LogP contribution in [0.4, 0.5) is 0 Å². The molecule has 1 aromatic heterocycles. The third-order valence-electron chi connectivity index (χ3n) is 3.40. The number of amides is 1. The van der Waals surface area contributed by atoms with E-state index in [2.05, 4.69) is 15.3 Å². The van der Waals surface area contributed by atoms with E-state index in [1.165, 1.54) is 0 Å². The number of imidazole rings is 1. The maximum Gasteiger partial charge on any atom is 0.225 e. The van der Waals surface area contributed by atoms with Crippen molar-refractivity contribution < 1.29 is 9.53 Å². The molecule has 5 heteroatoms. The molecule has 1 aromatic carbocycles. The van der Waals surface area contributed by atoms with E-state index in [0.717, 1.165) is 23.3 Å². The standard InChI is InChI=1S/C14H17N3O2/c18-14(10-6-8-19-9-10)15-7-5-13-16-11-3-1-2-4-12(11)17-13/h1-4,10H,5-9H2,(H,15,18)(H,16,17). The minimum Gasteiger partial charge on any atom is -0.381 e. The molecule has 1 aliphatic heterocycles. The Morgan fingerprint density at radius 2 is 2.37 bits per heavy atom. The number of benzene rings is 1. The van der Waals surface area contributed by atoms with Gasteiger partial charge in [-0.15, -0.1) is 0 Å². The normalized spacial score (nSPS) is 18.8. The topological polar surface area (TPSA) is 67.0 Å². The van der Waals surface area contributed by atoms with Crippen molar-refractivity contribution in [1.82, 2.24) is 15.3 Å². The zero-order chi connectivity index (χ0) is 13.1. The van der Waals surface area contributed by atoms with Crippen LogP contribution in [0.5, 0.6) is 0 Å². The van der Waals surface area contributed by atoms with Crippen LogP contribution in [0.25, 0.3) is 11.0 Å². The molecule has 100 valence electrons. The number of fused-ring (bicyclic) bond motifs is 1. The average Bonchev–Trinajstić information content (AvgIpc) is 3.07. The fourth-order valence-corrected chi connectivity index (χ4v) is 2.31. The zero-order valence-electron chi connectivity index (χ0n) is 10.7. The molecule has 1 atom stereocenters. The molecule has 0 spiro atoms. The molecule has 5 nitrogen and oxygen atoms in total. The summed E-state index contributed by atoms with van der Waals surface area (Å²) in [6.45, 7) is 1.85. The molecule has 3 rings (SSSR count). The summed E-state index contributed by atoms with van der Waals surface area (Å²) in [5, 5.41) is 2.94. The molecular formula is C14H17N3O2. The van der Waals surface area contributed by atoms with Gasteiger partial charge in [-0.2, -0.15) is 0 Å². The fourth-order valence-electron chi connectivity index (χ4n) is 2.31. The van der Waals surface area contributed by atoms with Gasteiger partial charge in [-0.3, -0.25) is 4.79 Å². The Morgan fingerprint density at radius 3 is 3.16 bits per heavy atom. The van der Waals surface area contributed by atoms with Gasteiger partial charge in [0.25, 0.3) is 0 Å². The maximum absolute atomic E-state index is 11.8. The van der Waals surface area contributed by atoms with Crippen molar-refractivity contribution in [1.29, 1.82) is 0 Å². The van der Waals surface area contributed by atoms with Crippen LogP contribution >= 0.6 is 0 Å². The van der Waals surface area contributed by atoms with Gasteiger partial charge in [-0.05, 0) is 18.6 Å². The summed E-state index contributed by atoms with van der Waals surface area (Å²) >= 11 is 0. The number of rotatable bonds is 4. The van der Waals surface area contributed by atoms with Crippen LogP contribution < -0.4 is 5.32 Å². The number of para-hydroxylation sites is 2. The Bertz CT molecular complexity index is 540. The van der Waals surface area contributed by atoms with Crippen LogP contribution in [0.3, 0.4) is 0 Å². The van der Waals surface area contributed by atoms with Crippen LogP contribution in [0.2, 0.25) is 0 Å². The van der Waals surface area contributed by atoms with Crippen molar-refractivity contribution in [3.63, 3.8) is 0 Å². The molecule has 1 aliphatic rings. The van der Waals surface area contributed by atoms with Crippen molar-refractivity contribution in [3.8, 4) is 0 Å². The van der Waals surface area contributed by atoms with E-state index >= 15 is 0 Å². The fraction of sp³-hybridized carbons (Fsp3) is 0.429. The summed E-state index contributed by atoms with van der Waals surface area (Å²) in [5.74, 6) is 1.02. The Kier molecular flexibility index (Phi) is 3.46. The van der Waals surface area contributed by atoms with E-state index in [1.54, 1.807) is 0 Å². The first kappa shape index (κ1) is 12.2. The number of nitrogens with one attached hydrogen (secondary N) is 2. The van der Waals surface area contributed by atoms with E-state index < -0.39 is 0 Å². The van der Waals surface area contributed by atoms with Gasteiger partial charge in [0.1, 0.15) is 5.82 Å². The number of H-pyrrole nitrogens is 1. The molecule has 1 unspecified atom stereocenters. The van der Waals surface area contributed by atoms with Gasteiger partial charge in [0.15, 0.2) is 0 Å². The molecule has 2 heterocycles. The van der Waals surface area contributed by atoms with Gasteiger partial charge in [0.2, 0.25) is 5.91 Å². The minimum absolute atomic E-state index is 0.0238. The van der Waals surface area contributed by atoms with Crippen molar-refractivity contribution >= 4 is 16.9 Å². The van der Waals surface area contributed by atoms with Crippen LogP contribution in [0.1, 0.15) is 12.2 Å². The molecule has 2 aromatic rings. The molecule has 0 bridgehead atoms. The van der Waals surface area contributed by atoms with Crippen molar-refractivity contribution in [2.75, 3.05) is 19.8 Å².